The van der Waals surface area contributed by atoms with Gasteiger partial charge in [-0.3, -0.25) is 19.2 Å². The minimum atomic E-state index is -1.26. The van der Waals surface area contributed by atoms with Crippen LogP contribution in [0.4, 0.5) is 0 Å². The monoisotopic (exact) mass is 347 g/mol. The topological polar surface area (TPSA) is 140 Å². The summed E-state index contributed by atoms with van der Waals surface area (Å²) in [5, 5.41) is 0. The Hall–Kier alpha value is -2.20. The van der Waals surface area contributed by atoms with E-state index in [9.17, 15) is 19.2 Å². The highest BCUT2D eigenvalue weighted by atomic mass is 16.7. The van der Waals surface area contributed by atoms with Gasteiger partial charge in [0.15, 0.2) is 12.2 Å². The third-order valence-electron chi connectivity index (χ3n) is 3.03. The molecule has 0 amide bonds. The summed E-state index contributed by atoms with van der Waals surface area (Å²) in [6.45, 7) is 4.32. The first-order valence-electron chi connectivity index (χ1n) is 7.18. The van der Waals surface area contributed by atoms with E-state index in [2.05, 4.69) is 0 Å². The van der Waals surface area contributed by atoms with Gasteiger partial charge in [-0.1, -0.05) is 0 Å². The number of hydrogen-bond donors (Lipinski definition) is 1. The number of nitrogens with two attached hydrogens (primary N) is 1. The molecular formula is C14H21NO9. The molecular weight excluding hydrogens is 326 g/mol. The van der Waals surface area contributed by atoms with Crippen LogP contribution in [0.5, 0.6) is 0 Å². The molecule has 0 saturated carbocycles. The summed E-state index contributed by atoms with van der Waals surface area (Å²) >= 11 is 0. The summed E-state index contributed by atoms with van der Waals surface area (Å²) in [5.41, 5.74) is 5.93. The molecule has 1 rings (SSSR count). The van der Waals surface area contributed by atoms with Crippen molar-refractivity contribution in [1.82, 2.24) is 0 Å². The third-order valence-corrected chi connectivity index (χ3v) is 3.03. The van der Waals surface area contributed by atoms with E-state index in [0.29, 0.717) is 0 Å². The van der Waals surface area contributed by atoms with Crippen LogP contribution in [-0.4, -0.2) is 61.1 Å². The molecule has 1 aliphatic rings. The molecule has 0 spiro atoms. The molecule has 2 N–H and O–H groups in total. The van der Waals surface area contributed by atoms with Crippen LogP contribution in [0, 0.1) is 0 Å². The molecule has 24 heavy (non-hydrogen) atoms. The number of carbonyl (C=O) groups excluding carboxylic acids is 4. The van der Waals surface area contributed by atoms with Crippen LogP contribution >= 0.6 is 0 Å². The van der Waals surface area contributed by atoms with Crippen molar-refractivity contribution < 1.29 is 42.9 Å². The molecule has 0 aromatic heterocycles. The van der Waals surface area contributed by atoms with Gasteiger partial charge < -0.3 is 29.4 Å². The Balaban J connectivity index is 3.08. The predicted molar refractivity (Wildman–Crippen MR) is 76.1 cm³/mol. The van der Waals surface area contributed by atoms with E-state index in [1.165, 1.54) is 6.92 Å². The highest BCUT2D eigenvalue weighted by Gasteiger charge is 2.50. The second-order valence-electron chi connectivity index (χ2n) is 5.18. The maximum atomic E-state index is 11.3. The lowest BCUT2D eigenvalue weighted by molar-refractivity contribution is -0.267. The molecule has 1 saturated heterocycles. The fraction of sp³-hybridized carbons (Fsp3) is 0.714. The average molecular weight is 347 g/mol. The second-order valence-corrected chi connectivity index (χ2v) is 5.18. The van der Waals surface area contributed by atoms with E-state index in [4.69, 9.17) is 29.4 Å². The smallest absolute Gasteiger partial charge is 0.304 e. The van der Waals surface area contributed by atoms with Crippen LogP contribution in [0.2, 0.25) is 0 Å². The summed E-state index contributed by atoms with van der Waals surface area (Å²) in [7, 11) is 0. The quantitative estimate of drug-likeness (QED) is 0.487. The Morgan fingerprint density at radius 1 is 0.833 bits per heavy atom. The van der Waals surface area contributed by atoms with Crippen molar-refractivity contribution in [3.63, 3.8) is 0 Å². The second kappa shape index (κ2) is 8.60. The van der Waals surface area contributed by atoms with Crippen molar-refractivity contribution in [1.29, 1.82) is 0 Å². The SMILES string of the molecule is CC(=O)OC[C@@H]1O[C@H](OC(C)=O)[C@H](N)[C@H](OC(C)=O)[C@H]1OC(C)=O. The van der Waals surface area contributed by atoms with E-state index in [0.717, 1.165) is 20.8 Å². The van der Waals surface area contributed by atoms with Crippen LogP contribution in [0.3, 0.4) is 0 Å². The molecule has 10 nitrogen and oxygen atoms in total. The lowest BCUT2D eigenvalue weighted by Gasteiger charge is -2.42. The molecule has 0 radical (unpaired) electrons. The Labute approximate surface area is 138 Å². The summed E-state index contributed by atoms with van der Waals surface area (Å²) < 4.78 is 25.5. The lowest BCUT2D eigenvalue weighted by atomic mass is 9.97. The fourth-order valence-corrected chi connectivity index (χ4v) is 2.20. The molecule has 136 valence electrons. The van der Waals surface area contributed by atoms with Gasteiger partial charge in [0.25, 0.3) is 0 Å². The molecule has 10 heteroatoms. The van der Waals surface area contributed by atoms with Crippen molar-refractivity contribution in [3.05, 3.63) is 0 Å². The Morgan fingerprint density at radius 2 is 1.33 bits per heavy atom. The van der Waals surface area contributed by atoms with Gasteiger partial charge in [0.2, 0.25) is 6.29 Å². The van der Waals surface area contributed by atoms with Crippen molar-refractivity contribution in [2.24, 2.45) is 5.73 Å². The zero-order valence-electron chi connectivity index (χ0n) is 13.8. The van der Waals surface area contributed by atoms with E-state index in [-0.39, 0.29) is 6.61 Å². The third kappa shape index (κ3) is 5.78. The van der Waals surface area contributed by atoms with E-state index in [1.807, 2.05) is 0 Å². The van der Waals surface area contributed by atoms with Gasteiger partial charge in [0.05, 0.1) is 0 Å². The molecule has 0 bridgehead atoms. The summed E-state index contributed by atoms with van der Waals surface area (Å²) in [6, 6.07) is -1.10. The fourth-order valence-electron chi connectivity index (χ4n) is 2.20. The number of hydrogen-bond acceptors (Lipinski definition) is 10. The van der Waals surface area contributed by atoms with Gasteiger partial charge in [-0.15, -0.1) is 0 Å². The van der Waals surface area contributed by atoms with Crippen molar-refractivity contribution in [3.8, 4) is 0 Å². The van der Waals surface area contributed by atoms with Gasteiger partial charge in [-0.05, 0) is 0 Å². The first kappa shape index (κ1) is 19.8. The van der Waals surface area contributed by atoms with Crippen LogP contribution < -0.4 is 5.73 Å². The van der Waals surface area contributed by atoms with Crippen molar-refractivity contribution in [2.45, 2.75) is 58.3 Å². The molecule has 0 unspecified atom stereocenters. The minimum absolute atomic E-state index is 0.310. The zero-order valence-corrected chi connectivity index (χ0v) is 13.8. The highest BCUT2D eigenvalue weighted by Crippen LogP contribution is 2.26. The van der Waals surface area contributed by atoms with Crippen LogP contribution in [0.25, 0.3) is 0 Å². The predicted octanol–water partition coefficient (Wildman–Crippen LogP) is -0.972. The molecule has 1 fully saturated rings. The van der Waals surface area contributed by atoms with Crippen molar-refractivity contribution in [2.75, 3.05) is 6.61 Å². The van der Waals surface area contributed by atoms with Crippen LogP contribution in [0.1, 0.15) is 27.7 Å². The normalized spacial score (nSPS) is 29.3. The van der Waals surface area contributed by atoms with Gasteiger partial charge in [-0.2, -0.15) is 0 Å². The number of rotatable bonds is 5. The van der Waals surface area contributed by atoms with Gasteiger partial charge in [-0.25, -0.2) is 0 Å². The molecule has 1 aliphatic heterocycles. The minimum Gasteiger partial charge on any atom is -0.463 e. The maximum Gasteiger partial charge on any atom is 0.304 e. The Bertz CT molecular complexity index is 490. The molecule has 0 aliphatic carbocycles. The average Bonchev–Trinajstić information content (AvgIpc) is 2.42. The van der Waals surface area contributed by atoms with E-state index < -0.39 is 54.5 Å². The summed E-state index contributed by atoms with van der Waals surface area (Å²) in [5.74, 6) is -2.62. The van der Waals surface area contributed by atoms with Gasteiger partial charge in [0.1, 0.15) is 18.8 Å². The summed E-state index contributed by atoms with van der Waals surface area (Å²) in [4.78, 5) is 44.9. The van der Waals surface area contributed by atoms with Crippen LogP contribution in [0.15, 0.2) is 0 Å². The first-order valence-corrected chi connectivity index (χ1v) is 7.18. The standard InChI is InChI=1S/C14H21NO9/c1-6(16)20-5-10-12(21-7(2)17)13(22-8(3)18)11(15)14(24-10)23-9(4)19/h10-14H,5,15H2,1-4H3/t10-,11+,12-,13-,14-/m0/s1. The first-order chi connectivity index (χ1) is 11.1. The maximum absolute atomic E-state index is 11.3. The number of carbonyl (C=O) groups is 4. The Kier molecular flexibility index (Phi) is 7.11. The zero-order chi connectivity index (χ0) is 18.4. The van der Waals surface area contributed by atoms with E-state index in [1.54, 1.807) is 0 Å². The largest absolute Gasteiger partial charge is 0.463 e. The molecule has 1 heterocycles. The number of ether oxygens (including phenoxy) is 5. The van der Waals surface area contributed by atoms with Crippen LogP contribution in [-0.2, 0) is 42.9 Å². The summed E-state index contributed by atoms with van der Waals surface area (Å²) in [6.07, 6.45) is -4.58. The Morgan fingerprint density at radius 3 is 1.79 bits per heavy atom. The number of esters is 4. The van der Waals surface area contributed by atoms with Gasteiger partial charge in [0, 0.05) is 27.7 Å². The lowest BCUT2D eigenvalue weighted by Crippen LogP contribution is -2.65. The molecule has 0 aromatic carbocycles. The van der Waals surface area contributed by atoms with Crippen molar-refractivity contribution >= 4 is 23.9 Å². The highest BCUT2D eigenvalue weighted by molar-refractivity contribution is 5.68. The molecule has 0 aromatic rings. The van der Waals surface area contributed by atoms with Gasteiger partial charge >= 0.3 is 23.9 Å². The van der Waals surface area contributed by atoms with E-state index >= 15 is 0 Å². The molecule has 5 atom stereocenters.